The van der Waals surface area contributed by atoms with Gasteiger partial charge in [-0.05, 0) is 12.1 Å². The molecule has 0 unspecified atom stereocenters. The second-order valence-corrected chi connectivity index (χ2v) is 5.30. The summed E-state index contributed by atoms with van der Waals surface area (Å²) < 4.78 is 45.1. The van der Waals surface area contributed by atoms with Crippen LogP contribution in [0.3, 0.4) is 0 Å². The van der Waals surface area contributed by atoms with Crippen molar-refractivity contribution in [3.05, 3.63) is 28.9 Å². The molecule has 0 bridgehead atoms. The van der Waals surface area contributed by atoms with Crippen LogP contribution < -0.4 is 19.9 Å². The number of hydrogen-bond acceptors (Lipinski definition) is 7. The van der Waals surface area contributed by atoms with Crippen molar-refractivity contribution in [2.75, 3.05) is 20.0 Å². The minimum atomic E-state index is -3.78. The highest BCUT2D eigenvalue weighted by Gasteiger charge is 2.44. The van der Waals surface area contributed by atoms with Crippen molar-refractivity contribution >= 4 is 23.3 Å². The van der Waals surface area contributed by atoms with E-state index in [4.69, 9.17) is 22.1 Å². The number of carbonyl (C=O) groups excluding carboxylic acids is 1. The maximum atomic E-state index is 13.2. The van der Waals surface area contributed by atoms with Gasteiger partial charge in [-0.15, -0.1) is 8.78 Å². The lowest BCUT2D eigenvalue weighted by atomic mass is 10.1. The van der Waals surface area contributed by atoms with Crippen molar-refractivity contribution in [3.63, 3.8) is 0 Å². The molecule has 2 aromatic rings. The average molecular weight is 373 g/mol. The quantitative estimate of drug-likeness (QED) is 0.827. The van der Waals surface area contributed by atoms with Crippen LogP contribution in [0.2, 0.25) is 5.02 Å². The highest BCUT2D eigenvalue weighted by atomic mass is 35.5. The molecular weight excluding hydrogens is 362 g/mol. The van der Waals surface area contributed by atoms with Gasteiger partial charge in [-0.2, -0.15) is 0 Å². The highest BCUT2D eigenvalue weighted by molar-refractivity contribution is 6.35. The number of hydrogen-bond donors (Lipinski definition) is 1. The fourth-order valence-corrected chi connectivity index (χ4v) is 2.44. The third-order valence-electron chi connectivity index (χ3n) is 3.36. The molecule has 2 N–H and O–H groups in total. The first-order valence-electron chi connectivity index (χ1n) is 6.78. The monoisotopic (exact) mass is 372 g/mol. The van der Waals surface area contributed by atoms with E-state index < -0.39 is 12.3 Å². The van der Waals surface area contributed by atoms with Gasteiger partial charge in [0.2, 0.25) is 0 Å². The molecule has 1 aromatic carbocycles. The van der Waals surface area contributed by atoms with E-state index in [2.05, 4.69) is 19.2 Å². The predicted molar refractivity (Wildman–Crippen MR) is 83.2 cm³/mol. The van der Waals surface area contributed by atoms with Gasteiger partial charge in [0.05, 0.1) is 30.6 Å². The maximum Gasteiger partial charge on any atom is 0.586 e. The Balaban J connectivity index is 2.17. The number of anilines is 1. The summed E-state index contributed by atoms with van der Waals surface area (Å²) >= 11 is 5.97. The second-order valence-electron chi connectivity index (χ2n) is 4.92. The van der Waals surface area contributed by atoms with Crippen LogP contribution in [0.4, 0.5) is 14.5 Å². The molecule has 0 aliphatic carbocycles. The van der Waals surface area contributed by atoms with Crippen molar-refractivity contribution in [3.8, 4) is 28.5 Å². The topological polar surface area (TPSA) is 92.9 Å². The number of fused-ring (bicyclic) bond motifs is 1. The third kappa shape index (κ3) is 2.98. The molecule has 0 radical (unpaired) electrons. The number of nitrogen functional groups attached to an aromatic ring is 1. The first kappa shape index (κ1) is 17.0. The Hall–Kier alpha value is -2.81. The zero-order valence-electron chi connectivity index (χ0n) is 12.9. The zero-order chi connectivity index (χ0) is 18.4. The van der Waals surface area contributed by atoms with Crippen LogP contribution in [0, 0.1) is 0 Å². The summed E-state index contributed by atoms with van der Waals surface area (Å²) in [5, 5.41) is -0.0816. The van der Waals surface area contributed by atoms with Gasteiger partial charge < -0.3 is 24.7 Å². The number of esters is 1. The number of rotatable bonds is 3. The van der Waals surface area contributed by atoms with Crippen LogP contribution in [-0.4, -0.2) is 31.5 Å². The predicted octanol–water partition coefficient (Wildman–Crippen LogP) is 3.10. The van der Waals surface area contributed by atoms with Gasteiger partial charge in [0, 0.05) is 11.6 Å². The molecule has 1 aromatic heterocycles. The Labute approximate surface area is 145 Å². The van der Waals surface area contributed by atoms with Crippen LogP contribution in [-0.2, 0) is 4.74 Å². The summed E-state index contributed by atoms with van der Waals surface area (Å²) in [4.78, 5) is 15.9. The van der Waals surface area contributed by atoms with Gasteiger partial charge >= 0.3 is 12.3 Å². The Morgan fingerprint density at radius 2 is 1.88 bits per heavy atom. The smallest absolute Gasteiger partial charge is 0.496 e. The summed E-state index contributed by atoms with van der Waals surface area (Å²) in [5.41, 5.74) is 6.04. The number of nitrogens with zero attached hydrogens (tertiary/aromatic N) is 1. The second kappa shape index (κ2) is 5.92. The molecule has 0 saturated carbocycles. The number of benzene rings is 1. The van der Waals surface area contributed by atoms with Crippen LogP contribution in [0.25, 0.3) is 11.3 Å². The van der Waals surface area contributed by atoms with E-state index in [1.54, 1.807) is 0 Å². The van der Waals surface area contributed by atoms with Crippen molar-refractivity contribution in [2.45, 2.75) is 6.29 Å². The number of carbonyl (C=O) groups is 1. The number of halogens is 3. The van der Waals surface area contributed by atoms with Crippen LogP contribution in [0.1, 0.15) is 10.5 Å². The van der Waals surface area contributed by atoms with E-state index in [0.717, 1.165) is 7.11 Å². The number of aromatic nitrogens is 1. The summed E-state index contributed by atoms with van der Waals surface area (Å²) in [7, 11) is 2.49. The fourth-order valence-electron chi connectivity index (χ4n) is 2.27. The van der Waals surface area contributed by atoms with E-state index in [-0.39, 0.29) is 44.9 Å². The summed E-state index contributed by atoms with van der Waals surface area (Å²) in [6.45, 7) is 0. The van der Waals surface area contributed by atoms with Gasteiger partial charge in [0.15, 0.2) is 17.2 Å². The molecule has 1 aliphatic rings. The molecule has 0 atom stereocenters. The Bertz CT molecular complexity index is 875. The fraction of sp³-hybridized carbons (Fsp3) is 0.200. The Morgan fingerprint density at radius 1 is 1.24 bits per heavy atom. The summed E-state index contributed by atoms with van der Waals surface area (Å²) in [6.07, 6.45) is -3.78. The summed E-state index contributed by atoms with van der Waals surface area (Å²) in [6, 6.07) is 3.83. The van der Waals surface area contributed by atoms with Gasteiger partial charge in [0.1, 0.15) is 5.75 Å². The largest absolute Gasteiger partial charge is 0.586 e. The molecule has 0 amide bonds. The molecule has 2 heterocycles. The van der Waals surface area contributed by atoms with E-state index in [9.17, 15) is 13.6 Å². The molecule has 1 aliphatic heterocycles. The standard InChI is InChI=1S/C15H11ClF2N2O5/c1-22-9-5-11-10(24-15(17,18)25-11)3-6(9)8-4-7(19)12(16)13(20-8)14(21)23-2/h3-5H,1-2H3,(H2,19,20). The SMILES string of the molecule is COC(=O)c1nc(-c2cc3c(cc2OC)OC(F)(F)O3)cc(N)c1Cl. The molecule has 132 valence electrons. The zero-order valence-corrected chi connectivity index (χ0v) is 13.7. The maximum absolute atomic E-state index is 13.2. The average Bonchev–Trinajstić information content (AvgIpc) is 2.87. The molecule has 0 saturated heterocycles. The molecule has 0 spiro atoms. The number of pyridine rings is 1. The lowest BCUT2D eigenvalue weighted by molar-refractivity contribution is -0.286. The Kier molecular flexibility index (Phi) is 4.03. The first-order valence-corrected chi connectivity index (χ1v) is 7.16. The minimum Gasteiger partial charge on any atom is -0.496 e. The molecule has 0 fully saturated rings. The minimum absolute atomic E-state index is 0.0529. The van der Waals surface area contributed by atoms with E-state index in [1.807, 2.05) is 0 Å². The van der Waals surface area contributed by atoms with Gasteiger partial charge in [0.25, 0.3) is 0 Å². The number of nitrogens with two attached hydrogens (primary N) is 1. The first-order chi connectivity index (χ1) is 11.8. The van der Waals surface area contributed by atoms with E-state index in [0.29, 0.717) is 0 Å². The van der Waals surface area contributed by atoms with E-state index in [1.165, 1.54) is 25.3 Å². The number of ether oxygens (including phenoxy) is 4. The van der Waals surface area contributed by atoms with Crippen LogP contribution in [0.15, 0.2) is 18.2 Å². The molecular formula is C15H11ClF2N2O5. The lowest BCUT2D eigenvalue weighted by Gasteiger charge is -2.12. The molecule has 10 heteroatoms. The van der Waals surface area contributed by atoms with Crippen molar-refractivity contribution in [2.24, 2.45) is 0 Å². The lowest BCUT2D eigenvalue weighted by Crippen LogP contribution is -2.25. The van der Waals surface area contributed by atoms with Crippen molar-refractivity contribution < 1.29 is 32.5 Å². The van der Waals surface area contributed by atoms with Crippen LogP contribution >= 0.6 is 11.6 Å². The van der Waals surface area contributed by atoms with Crippen LogP contribution in [0.5, 0.6) is 17.2 Å². The van der Waals surface area contributed by atoms with Gasteiger partial charge in [-0.3, -0.25) is 0 Å². The van der Waals surface area contributed by atoms with Gasteiger partial charge in [-0.1, -0.05) is 11.6 Å². The number of methoxy groups -OCH3 is 2. The molecule has 3 rings (SSSR count). The van der Waals surface area contributed by atoms with E-state index >= 15 is 0 Å². The molecule has 7 nitrogen and oxygen atoms in total. The normalized spacial score (nSPS) is 14.3. The van der Waals surface area contributed by atoms with Crippen molar-refractivity contribution in [1.29, 1.82) is 0 Å². The van der Waals surface area contributed by atoms with Gasteiger partial charge in [-0.25, -0.2) is 9.78 Å². The highest BCUT2D eigenvalue weighted by Crippen LogP contribution is 2.47. The number of alkyl halides is 2. The molecule has 25 heavy (non-hydrogen) atoms. The third-order valence-corrected chi connectivity index (χ3v) is 3.76. The summed E-state index contributed by atoms with van der Waals surface area (Å²) in [5.74, 6) is -1.05. The van der Waals surface area contributed by atoms with Crippen molar-refractivity contribution in [1.82, 2.24) is 4.98 Å². The Morgan fingerprint density at radius 3 is 2.48 bits per heavy atom.